The highest BCUT2D eigenvalue weighted by Crippen LogP contribution is 2.38. The van der Waals surface area contributed by atoms with Crippen LogP contribution in [0.2, 0.25) is 0 Å². The van der Waals surface area contributed by atoms with Crippen molar-refractivity contribution in [1.82, 2.24) is 4.90 Å². The number of ether oxygens (including phenoxy) is 1. The summed E-state index contributed by atoms with van der Waals surface area (Å²) in [6.45, 7) is 1.76. The lowest BCUT2D eigenvalue weighted by molar-refractivity contribution is -0.185. The van der Waals surface area contributed by atoms with Crippen molar-refractivity contribution in [3.8, 4) is 16.9 Å². The molecule has 0 saturated carbocycles. The molecule has 28 heavy (non-hydrogen) atoms. The molecule has 0 spiro atoms. The Balaban J connectivity index is 2.05. The van der Waals surface area contributed by atoms with Crippen molar-refractivity contribution in [1.29, 1.82) is 0 Å². The van der Waals surface area contributed by atoms with Crippen LogP contribution in [0.3, 0.4) is 0 Å². The van der Waals surface area contributed by atoms with Crippen molar-refractivity contribution in [2.45, 2.75) is 25.4 Å². The van der Waals surface area contributed by atoms with Crippen LogP contribution in [0.4, 0.5) is 13.2 Å². The van der Waals surface area contributed by atoms with Gasteiger partial charge in [0.15, 0.2) is 6.29 Å². The summed E-state index contributed by atoms with van der Waals surface area (Å²) in [4.78, 5) is 24.0. The highest BCUT2D eigenvalue weighted by Gasteiger charge is 2.43. The number of halogens is 3. The summed E-state index contributed by atoms with van der Waals surface area (Å²) >= 11 is 0. The molecular weight excluding hydrogens is 371 g/mol. The van der Waals surface area contributed by atoms with Gasteiger partial charge in [-0.1, -0.05) is 31.2 Å². The van der Waals surface area contributed by atoms with Gasteiger partial charge in [-0.3, -0.25) is 9.59 Å². The number of nitrogens with zero attached hydrogens (tertiary/aromatic N) is 1. The quantitative estimate of drug-likeness (QED) is 0.736. The fraction of sp³-hybridized carbons (Fsp3) is 0.333. The fourth-order valence-electron chi connectivity index (χ4n) is 3.68. The molecule has 0 fully saturated rings. The molecule has 1 aliphatic rings. The molecule has 2 aromatic rings. The third-order valence-electron chi connectivity index (χ3n) is 5.05. The zero-order chi connectivity index (χ0) is 20.5. The molecule has 0 radical (unpaired) electrons. The first-order chi connectivity index (χ1) is 13.3. The van der Waals surface area contributed by atoms with E-state index in [0.29, 0.717) is 28.9 Å². The first-order valence-corrected chi connectivity index (χ1v) is 8.87. The van der Waals surface area contributed by atoms with E-state index in [1.807, 2.05) is 6.07 Å². The number of rotatable bonds is 3. The van der Waals surface area contributed by atoms with Crippen LogP contribution in [0.15, 0.2) is 36.4 Å². The highest BCUT2D eigenvalue weighted by atomic mass is 19.4. The number of benzene rings is 2. The Kier molecular flexibility index (Phi) is 5.45. The Labute approximate surface area is 160 Å². The molecule has 1 amide bonds. The number of aldehydes is 1. The molecule has 0 bridgehead atoms. The summed E-state index contributed by atoms with van der Waals surface area (Å²) in [7, 11) is 1.51. The van der Waals surface area contributed by atoms with Gasteiger partial charge < -0.3 is 9.64 Å². The van der Waals surface area contributed by atoms with E-state index in [2.05, 4.69) is 0 Å². The van der Waals surface area contributed by atoms with Crippen LogP contribution in [-0.4, -0.2) is 43.5 Å². The van der Waals surface area contributed by atoms with E-state index in [9.17, 15) is 22.8 Å². The van der Waals surface area contributed by atoms with Gasteiger partial charge in [-0.25, -0.2) is 0 Å². The maximum atomic E-state index is 12.9. The van der Waals surface area contributed by atoms with Crippen LogP contribution < -0.4 is 4.74 Å². The lowest BCUT2D eigenvalue weighted by Crippen LogP contribution is -2.42. The highest BCUT2D eigenvalue weighted by molar-refractivity contribution is 5.89. The first kappa shape index (κ1) is 19.9. The van der Waals surface area contributed by atoms with Gasteiger partial charge >= 0.3 is 12.1 Å². The van der Waals surface area contributed by atoms with Crippen molar-refractivity contribution < 1.29 is 27.5 Å². The van der Waals surface area contributed by atoms with Gasteiger partial charge in [0.2, 0.25) is 0 Å². The molecule has 7 heteroatoms. The second-order valence-electron chi connectivity index (χ2n) is 6.86. The van der Waals surface area contributed by atoms with Crippen LogP contribution in [0.1, 0.15) is 34.3 Å². The molecular formula is C21H20F3NO3. The minimum atomic E-state index is -4.89. The van der Waals surface area contributed by atoms with E-state index in [0.717, 1.165) is 22.3 Å². The first-order valence-electron chi connectivity index (χ1n) is 8.87. The summed E-state index contributed by atoms with van der Waals surface area (Å²) in [6, 6.07) is 10.7. The van der Waals surface area contributed by atoms with E-state index in [1.54, 1.807) is 37.3 Å². The number of carbonyl (C=O) groups is 2. The Morgan fingerprint density at radius 1 is 1.21 bits per heavy atom. The van der Waals surface area contributed by atoms with Gasteiger partial charge in [0.1, 0.15) is 5.75 Å². The Morgan fingerprint density at radius 2 is 1.93 bits per heavy atom. The molecule has 0 N–H and O–H groups in total. The minimum Gasteiger partial charge on any atom is -0.496 e. The Bertz CT molecular complexity index is 908. The summed E-state index contributed by atoms with van der Waals surface area (Å²) < 4.78 is 44.1. The summed E-state index contributed by atoms with van der Waals surface area (Å²) in [5.41, 5.74) is 3.59. The molecule has 3 rings (SSSR count). The zero-order valence-corrected chi connectivity index (χ0v) is 15.5. The van der Waals surface area contributed by atoms with Gasteiger partial charge in [0.05, 0.1) is 7.11 Å². The molecule has 1 atom stereocenters. The predicted molar refractivity (Wildman–Crippen MR) is 98.6 cm³/mol. The number of methoxy groups -OCH3 is 1. The van der Waals surface area contributed by atoms with Crippen molar-refractivity contribution in [2.75, 3.05) is 20.2 Å². The van der Waals surface area contributed by atoms with E-state index in [-0.39, 0.29) is 19.0 Å². The Hall–Kier alpha value is -2.83. The van der Waals surface area contributed by atoms with Gasteiger partial charge in [0, 0.05) is 24.2 Å². The lowest BCUT2D eigenvalue weighted by atomic mass is 9.89. The zero-order valence-electron chi connectivity index (χ0n) is 15.5. The second-order valence-corrected chi connectivity index (χ2v) is 6.86. The summed E-state index contributed by atoms with van der Waals surface area (Å²) in [6.07, 6.45) is -3.83. The molecule has 1 aliphatic heterocycles. The van der Waals surface area contributed by atoms with Crippen molar-refractivity contribution in [2.24, 2.45) is 0 Å². The molecule has 148 valence electrons. The van der Waals surface area contributed by atoms with E-state index < -0.39 is 12.1 Å². The standard InChI is InChI=1S/C21H20F3NO3/c1-13-11-25(20(27)21(22,23)24)8-7-14-9-19(28-2)18(10-17(13)14)16-6-4-3-5-15(16)12-26/h3-6,9-10,12-13H,7-8,11H2,1-2H3/t13-/m0/s1. The fourth-order valence-corrected chi connectivity index (χ4v) is 3.68. The molecule has 1 heterocycles. The van der Waals surface area contributed by atoms with Gasteiger partial charge in [-0.2, -0.15) is 13.2 Å². The summed E-state index contributed by atoms with van der Waals surface area (Å²) in [5, 5.41) is 0. The van der Waals surface area contributed by atoms with Crippen molar-refractivity contribution in [3.63, 3.8) is 0 Å². The van der Waals surface area contributed by atoms with E-state index >= 15 is 0 Å². The maximum Gasteiger partial charge on any atom is 0.471 e. The topological polar surface area (TPSA) is 46.6 Å². The van der Waals surface area contributed by atoms with Crippen LogP contribution >= 0.6 is 0 Å². The normalized spacial score (nSPS) is 16.9. The van der Waals surface area contributed by atoms with Crippen LogP contribution in [0, 0.1) is 0 Å². The molecule has 2 aromatic carbocycles. The summed E-state index contributed by atoms with van der Waals surface area (Å²) in [5.74, 6) is -1.57. The van der Waals surface area contributed by atoms with Gasteiger partial charge in [0.25, 0.3) is 0 Å². The lowest BCUT2D eigenvalue weighted by Gasteiger charge is -2.24. The maximum absolute atomic E-state index is 12.9. The largest absolute Gasteiger partial charge is 0.496 e. The van der Waals surface area contributed by atoms with Gasteiger partial charge in [-0.05, 0) is 41.2 Å². The SMILES string of the molecule is COc1cc2c(cc1-c1ccccc1C=O)[C@@H](C)CN(C(=O)C(F)(F)F)CC2. The number of amides is 1. The molecule has 0 saturated heterocycles. The average Bonchev–Trinajstić information content (AvgIpc) is 2.84. The number of hydrogen-bond acceptors (Lipinski definition) is 3. The van der Waals surface area contributed by atoms with Crippen molar-refractivity contribution >= 4 is 12.2 Å². The van der Waals surface area contributed by atoms with E-state index in [4.69, 9.17) is 4.74 Å². The smallest absolute Gasteiger partial charge is 0.471 e. The monoisotopic (exact) mass is 391 g/mol. The van der Waals surface area contributed by atoms with Crippen LogP contribution in [0.5, 0.6) is 5.75 Å². The molecule has 0 aliphatic carbocycles. The molecule has 4 nitrogen and oxygen atoms in total. The average molecular weight is 391 g/mol. The van der Waals surface area contributed by atoms with Crippen molar-refractivity contribution in [3.05, 3.63) is 53.1 Å². The number of hydrogen-bond donors (Lipinski definition) is 0. The second kappa shape index (κ2) is 7.66. The van der Waals surface area contributed by atoms with Crippen LogP contribution in [-0.2, 0) is 11.2 Å². The van der Waals surface area contributed by atoms with Crippen LogP contribution in [0.25, 0.3) is 11.1 Å². The molecule has 0 aromatic heterocycles. The number of alkyl halides is 3. The molecule has 0 unspecified atom stereocenters. The third-order valence-corrected chi connectivity index (χ3v) is 5.05. The Morgan fingerprint density at radius 3 is 2.57 bits per heavy atom. The predicted octanol–water partition coefficient (Wildman–Crippen LogP) is 4.23. The number of fused-ring (bicyclic) bond motifs is 1. The number of carbonyl (C=O) groups excluding carboxylic acids is 2. The third kappa shape index (κ3) is 3.74. The minimum absolute atomic E-state index is 0.0108. The van der Waals surface area contributed by atoms with Gasteiger partial charge in [-0.15, -0.1) is 0 Å². The van der Waals surface area contributed by atoms with E-state index in [1.165, 1.54) is 7.11 Å².